The average molecular weight is 373 g/mol. The Morgan fingerprint density at radius 2 is 2.20 bits per heavy atom. The molecule has 1 aliphatic heterocycles. The van der Waals surface area contributed by atoms with Crippen molar-refractivity contribution >= 4 is 28.8 Å². The van der Waals surface area contributed by atoms with E-state index in [2.05, 4.69) is 16.4 Å². The van der Waals surface area contributed by atoms with Crippen molar-refractivity contribution in [2.45, 2.75) is 25.8 Å². The van der Waals surface area contributed by atoms with E-state index >= 15 is 0 Å². The van der Waals surface area contributed by atoms with Gasteiger partial charge in [0.25, 0.3) is 0 Å². The van der Waals surface area contributed by atoms with Gasteiger partial charge in [0.05, 0.1) is 11.2 Å². The van der Waals surface area contributed by atoms with Crippen molar-refractivity contribution in [3.63, 3.8) is 0 Å². The molecule has 0 saturated heterocycles. The zero-order valence-electron chi connectivity index (χ0n) is 13.6. The number of aryl methyl sites for hydroxylation is 1. The Morgan fingerprint density at radius 3 is 3.08 bits per heavy atom. The summed E-state index contributed by atoms with van der Waals surface area (Å²) in [6, 6.07) is 9.60. The molecular formula is C19H17ClN2O2S. The molecule has 0 N–H and O–H groups in total. The number of fused-ring (bicyclic) bond motifs is 1. The van der Waals surface area contributed by atoms with Gasteiger partial charge in [-0.1, -0.05) is 23.7 Å². The lowest BCUT2D eigenvalue weighted by Crippen LogP contribution is -2.35. The van der Waals surface area contributed by atoms with Crippen LogP contribution < -0.4 is 0 Å². The highest BCUT2D eigenvalue weighted by molar-refractivity contribution is 7.10. The summed E-state index contributed by atoms with van der Waals surface area (Å²) in [5, 5.41) is 2.72. The molecule has 0 saturated carbocycles. The van der Waals surface area contributed by atoms with E-state index in [4.69, 9.17) is 16.0 Å². The molecule has 6 heteroatoms. The number of benzene rings is 1. The zero-order valence-corrected chi connectivity index (χ0v) is 15.1. The predicted octanol–water partition coefficient (Wildman–Crippen LogP) is 4.57. The third kappa shape index (κ3) is 3.48. The molecule has 4 rings (SSSR count). The Hall–Kier alpha value is -2.11. The predicted molar refractivity (Wildman–Crippen MR) is 98.7 cm³/mol. The largest absolute Gasteiger partial charge is 0.441 e. The van der Waals surface area contributed by atoms with Crippen molar-refractivity contribution in [3.8, 4) is 11.3 Å². The first-order valence-electron chi connectivity index (χ1n) is 8.23. The molecule has 1 aliphatic rings. The van der Waals surface area contributed by atoms with Gasteiger partial charge in [-0.25, -0.2) is 4.98 Å². The summed E-state index contributed by atoms with van der Waals surface area (Å²) in [7, 11) is 0. The number of hydrogen-bond acceptors (Lipinski definition) is 4. The number of rotatable bonds is 4. The van der Waals surface area contributed by atoms with Gasteiger partial charge in [-0.2, -0.15) is 0 Å². The van der Waals surface area contributed by atoms with Crippen LogP contribution in [0.1, 0.15) is 22.8 Å². The minimum absolute atomic E-state index is 0.148. The molecule has 0 fully saturated rings. The van der Waals surface area contributed by atoms with Crippen LogP contribution in [0.15, 0.2) is 46.3 Å². The van der Waals surface area contributed by atoms with Gasteiger partial charge in [0, 0.05) is 36.4 Å². The first kappa shape index (κ1) is 16.4. The Balaban J connectivity index is 1.38. The maximum absolute atomic E-state index is 12.5. The highest BCUT2D eigenvalue weighted by atomic mass is 35.5. The minimum atomic E-state index is 0.148. The van der Waals surface area contributed by atoms with E-state index in [1.165, 1.54) is 10.4 Å². The highest BCUT2D eigenvalue weighted by Gasteiger charge is 2.21. The van der Waals surface area contributed by atoms with E-state index in [0.717, 1.165) is 18.5 Å². The fraction of sp³-hybridized carbons (Fsp3) is 0.263. The lowest BCUT2D eigenvalue weighted by Gasteiger charge is -2.26. The number of carbonyl (C=O) groups excluding carboxylic acids is 1. The molecule has 1 amide bonds. The molecule has 0 radical (unpaired) electrons. The summed E-state index contributed by atoms with van der Waals surface area (Å²) in [6.07, 6.45) is 3.52. The van der Waals surface area contributed by atoms with Crippen molar-refractivity contribution in [2.24, 2.45) is 0 Å². The third-order valence-electron chi connectivity index (χ3n) is 4.41. The summed E-state index contributed by atoms with van der Waals surface area (Å²) in [5.41, 5.74) is 2.09. The van der Waals surface area contributed by atoms with Crippen molar-refractivity contribution in [3.05, 3.63) is 63.3 Å². The molecule has 4 nitrogen and oxygen atoms in total. The molecule has 0 aliphatic carbocycles. The van der Waals surface area contributed by atoms with Crippen LogP contribution >= 0.6 is 22.9 Å². The second-order valence-corrected chi connectivity index (χ2v) is 7.44. The van der Waals surface area contributed by atoms with E-state index in [1.54, 1.807) is 17.5 Å². The smallest absolute Gasteiger partial charge is 0.223 e. The van der Waals surface area contributed by atoms with E-state index in [1.807, 2.05) is 29.2 Å². The van der Waals surface area contributed by atoms with Crippen LogP contribution in [-0.2, 0) is 24.2 Å². The number of carbonyl (C=O) groups is 1. The molecule has 3 aromatic rings. The fourth-order valence-corrected chi connectivity index (χ4v) is 4.16. The van der Waals surface area contributed by atoms with Gasteiger partial charge in [0.1, 0.15) is 0 Å². The number of aromatic nitrogens is 1. The molecule has 0 spiro atoms. The standard InChI is InChI=1S/C19H17ClN2O2S/c20-15-4-2-1-3-14(15)16-11-21-18(24-16)5-6-19(23)22-9-7-17-13(12-22)8-10-25-17/h1-4,8,10-11H,5-7,9,12H2. The molecule has 2 aromatic heterocycles. The average Bonchev–Trinajstić information content (AvgIpc) is 3.28. The summed E-state index contributed by atoms with van der Waals surface area (Å²) < 4.78 is 5.77. The van der Waals surface area contributed by atoms with Crippen molar-refractivity contribution in [2.75, 3.05) is 6.54 Å². The van der Waals surface area contributed by atoms with E-state index < -0.39 is 0 Å². The Bertz CT molecular complexity index is 902. The lowest BCUT2D eigenvalue weighted by atomic mass is 10.1. The monoisotopic (exact) mass is 372 g/mol. The number of thiophene rings is 1. The van der Waals surface area contributed by atoms with Gasteiger partial charge >= 0.3 is 0 Å². The maximum Gasteiger partial charge on any atom is 0.223 e. The summed E-state index contributed by atoms with van der Waals surface area (Å²) in [6.45, 7) is 1.51. The molecule has 0 bridgehead atoms. The van der Waals surface area contributed by atoms with Crippen LogP contribution in [0.4, 0.5) is 0 Å². The Kier molecular flexibility index (Phi) is 4.59. The first-order chi connectivity index (χ1) is 12.2. The zero-order chi connectivity index (χ0) is 17.2. The van der Waals surface area contributed by atoms with Crippen molar-refractivity contribution in [1.29, 1.82) is 0 Å². The summed E-state index contributed by atoms with van der Waals surface area (Å²) in [5.74, 6) is 1.35. The lowest BCUT2D eigenvalue weighted by molar-refractivity contribution is -0.132. The highest BCUT2D eigenvalue weighted by Crippen LogP contribution is 2.28. The van der Waals surface area contributed by atoms with Crippen molar-refractivity contribution < 1.29 is 9.21 Å². The topological polar surface area (TPSA) is 46.3 Å². The van der Waals surface area contributed by atoms with E-state index in [0.29, 0.717) is 36.1 Å². The second-order valence-electron chi connectivity index (χ2n) is 6.03. The van der Waals surface area contributed by atoms with Crippen LogP contribution in [-0.4, -0.2) is 22.3 Å². The second kappa shape index (κ2) is 7.02. The molecule has 0 unspecified atom stereocenters. The van der Waals surface area contributed by atoms with Crippen LogP contribution in [0.5, 0.6) is 0 Å². The summed E-state index contributed by atoms with van der Waals surface area (Å²) >= 11 is 7.96. The SMILES string of the molecule is O=C(CCc1ncc(-c2ccccc2Cl)o1)N1CCc2sccc2C1. The van der Waals surface area contributed by atoms with Crippen LogP contribution in [0.25, 0.3) is 11.3 Å². The van der Waals surface area contributed by atoms with Gasteiger partial charge in [-0.15, -0.1) is 11.3 Å². The number of amides is 1. The molecule has 128 valence electrons. The van der Waals surface area contributed by atoms with Crippen LogP contribution in [0.3, 0.4) is 0 Å². The van der Waals surface area contributed by atoms with Crippen LogP contribution in [0.2, 0.25) is 5.02 Å². The van der Waals surface area contributed by atoms with E-state index in [-0.39, 0.29) is 5.91 Å². The number of halogens is 1. The van der Waals surface area contributed by atoms with Crippen molar-refractivity contribution in [1.82, 2.24) is 9.88 Å². The number of nitrogens with zero attached hydrogens (tertiary/aromatic N) is 2. The fourth-order valence-electron chi connectivity index (χ4n) is 3.04. The van der Waals surface area contributed by atoms with Gasteiger partial charge in [-0.3, -0.25) is 4.79 Å². The molecular weight excluding hydrogens is 356 g/mol. The molecule has 25 heavy (non-hydrogen) atoms. The molecule has 1 aromatic carbocycles. The normalized spacial score (nSPS) is 13.7. The number of oxazole rings is 1. The quantitative estimate of drug-likeness (QED) is 0.673. The Labute approximate surface area is 155 Å². The number of hydrogen-bond donors (Lipinski definition) is 0. The molecule has 3 heterocycles. The Morgan fingerprint density at radius 1 is 1.32 bits per heavy atom. The van der Waals surface area contributed by atoms with Gasteiger partial charge in [0.15, 0.2) is 11.7 Å². The van der Waals surface area contributed by atoms with Crippen LogP contribution in [0, 0.1) is 0 Å². The molecule has 0 atom stereocenters. The van der Waals surface area contributed by atoms with E-state index in [9.17, 15) is 4.79 Å². The maximum atomic E-state index is 12.5. The summed E-state index contributed by atoms with van der Waals surface area (Å²) in [4.78, 5) is 20.1. The third-order valence-corrected chi connectivity index (χ3v) is 5.76. The van der Waals surface area contributed by atoms with Gasteiger partial charge in [-0.05, 0) is 35.6 Å². The first-order valence-corrected chi connectivity index (χ1v) is 9.49. The van der Waals surface area contributed by atoms with Gasteiger partial charge < -0.3 is 9.32 Å². The van der Waals surface area contributed by atoms with Gasteiger partial charge in [0.2, 0.25) is 5.91 Å². The minimum Gasteiger partial charge on any atom is -0.441 e.